The lowest BCUT2D eigenvalue weighted by Crippen LogP contribution is -2.35. The summed E-state index contributed by atoms with van der Waals surface area (Å²) >= 11 is 0. The van der Waals surface area contributed by atoms with Crippen molar-refractivity contribution in [2.45, 2.75) is 0 Å². The number of benzene rings is 2. The number of carbonyl (C=O) groups excluding carboxylic acids is 2. The van der Waals surface area contributed by atoms with Crippen molar-refractivity contribution >= 4 is 28.9 Å². The molecule has 2 aliphatic heterocycles. The van der Waals surface area contributed by atoms with Crippen molar-refractivity contribution in [1.29, 1.82) is 0 Å². The van der Waals surface area contributed by atoms with Gasteiger partial charge < -0.3 is 9.80 Å². The molecule has 3 heterocycles. The van der Waals surface area contributed by atoms with Gasteiger partial charge in [0.2, 0.25) is 5.91 Å². The molecule has 0 saturated carbocycles. The first-order valence-electron chi connectivity index (χ1n) is 9.79. The van der Waals surface area contributed by atoms with Crippen molar-refractivity contribution in [3.8, 4) is 0 Å². The molecule has 0 aliphatic carbocycles. The summed E-state index contributed by atoms with van der Waals surface area (Å²) in [4.78, 5) is 29.2. The number of aromatic amines is 1. The van der Waals surface area contributed by atoms with Gasteiger partial charge in [0.15, 0.2) is 0 Å². The lowest BCUT2D eigenvalue weighted by atomic mass is 10.0. The summed E-state index contributed by atoms with van der Waals surface area (Å²) in [7, 11) is 0. The zero-order valence-corrected chi connectivity index (χ0v) is 15.9. The highest BCUT2D eigenvalue weighted by Crippen LogP contribution is 2.32. The minimum Gasteiger partial charge on any atom is -0.338 e. The Morgan fingerprint density at radius 2 is 1.59 bits per heavy atom. The predicted octanol–water partition coefficient (Wildman–Crippen LogP) is 2.20. The van der Waals surface area contributed by atoms with Gasteiger partial charge in [0.25, 0.3) is 5.91 Å². The number of fused-ring (bicyclic) bond motifs is 2. The molecule has 0 unspecified atom stereocenters. The first kappa shape index (κ1) is 17.6. The van der Waals surface area contributed by atoms with Gasteiger partial charge in [0, 0.05) is 49.7 Å². The van der Waals surface area contributed by atoms with Gasteiger partial charge in [-0.2, -0.15) is 15.4 Å². The summed E-state index contributed by atoms with van der Waals surface area (Å²) < 4.78 is 0. The average Bonchev–Trinajstić information content (AvgIpc) is 3.46. The number of hydrogen-bond acceptors (Lipinski definition) is 4. The lowest BCUT2D eigenvalue weighted by molar-refractivity contribution is -0.125. The molecular formula is C22H21N5O2. The maximum absolute atomic E-state index is 12.9. The van der Waals surface area contributed by atoms with Crippen molar-refractivity contribution in [1.82, 2.24) is 25.2 Å². The summed E-state index contributed by atoms with van der Waals surface area (Å²) in [5.74, 6) is 0.733. The van der Waals surface area contributed by atoms with E-state index in [-0.39, 0.29) is 11.8 Å². The zero-order chi connectivity index (χ0) is 19.8. The van der Waals surface area contributed by atoms with Gasteiger partial charge in [-0.15, -0.1) is 0 Å². The molecule has 3 aromatic rings. The van der Waals surface area contributed by atoms with Crippen LogP contribution in [-0.2, 0) is 4.79 Å². The minimum absolute atomic E-state index is 0.0196. The summed E-state index contributed by atoms with van der Waals surface area (Å²) in [5, 5.41) is 10.6. The summed E-state index contributed by atoms with van der Waals surface area (Å²) in [6.45, 7) is 2.78. The van der Waals surface area contributed by atoms with Crippen molar-refractivity contribution in [3.63, 3.8) is 0 Å². The predicted molar refractivity (Wildman–Crippen MR) is 109 cm³/mol. The van der Waals surface area contributed by atoms with Gasteiger partial charge in [0.05, 0.1) is 0 Å². The number of hydrogen-bond donors (Lipinski definition) is 1. The van der Waals surface area contributed by atoms with Crippen LogP contribution in [0.3, 0.4) is 0 Å². The Hall–Kier alpha value is -3.48. The minimum atomic E-state index is 0.0196. The highest BCUT2D eigenvalue weighted by molar-refractivity contribution is 5.97. The molecule has 29 heavy (non-hydrogen) atoms. The SMILES string of the molecule is O=C(C=Cc1ccccc1)N1C[C@@H]2CN(C(=O)c3ccc4n[nH]nc4c3)C[C@H]2C1. The first-order chi connectivity index (χ1) is 14.2. The standard InChI is InChI=1S/C22H21N5O2/c28-21(9-6-15-4-2-1-3-5-15)26-11-17-13-27(14-18(17)12-26)22(29)16-7-8-19-20(10-16)24-25-23-19/h1-10,17-18H,11-14H2,(H,23,24,25)/t17-,18-/m1/s1. The second-order valence-electron chi connectivity index (χ2n) is 7.74. The van der Waals surface area contributed by atoms with E-state index in [2.05, 4.69) is 15.4 Å². The molecule has 2 saturated heterocycles. The van der Waals surface area contributed by atoms with Gasteiger partial charge >= 0.3 is 0 Å². The van der Waals surface area contributed by atoms with Crippen LogP contribution >= 0.6 is 0 Å². The van der Waals surface area contributed by atoms with E-state index in [1.165, 1.54) is 0 Å². The van der Waals surface area contributed by atoms with Gasteiger partial charge in [-0.05, 0) is 29.8 Å². The summed E-state index contributed by atoms with van der Waals surface area (Å²) in [6, 6.07) is 15.2. The first-order valence-corrected chi connectivity index (χ1v) is 9.79. The molecule has 2 aliphatic rings. The van der Waals surface area contributed by atoms with Gasteiger partial charge in [-0.1, -0.05) is 30.3 Å². The number of amides is 2. The number of nitrogens with zero attached hydrogens (tertiary/aromatic N) is 4. The smallest absolute Gasteiger partial charge is 0.253 e. The monoisotopic (exact) mass is 387 g/mol. The number of rotatable bonds is 3. The number of carbonyl (C=O) groups is 2. The second kappa shape index (κ2) is 7.16. The number of H-pyrrole nitrogens is 1. The van der Waals surface area contributed by atoms with Crippen LogP contribution in [0.2, 0.25) is 0 Å². The summed E-state index contributed by atoms with van der Waals surface area (Å²) in [6.07, 6.45) is 3.50. The van der Waals surface area contributed by atoms with Crippen molar-refractivity contribution < 1.29 is 9.59 Å². The zero-order valence-electron chi connectivity index (χ0n) is 15.9. The number of likely N-dealkylation sites (tertiary alicyclic amines) is 2. The van der Waals surface area contributed by atoms with E-state index >= 15 is 0 Å². The quantitative estimate of drug-likeness (QED) is 0.699. The van der Waals surface area contributed by atoms with E-state index in [9.17, 15) is 9.59 Å². The normalized spacial score (nSPS) is 21.2. The van der Waals surface area contributed by atoms with Gasteiger partial charge in [0.1, 0.15) is 11.0 Å². The van der Waals surface area contributed by atoms with E-state index in [4.69, 9.17) is 0 Å². The van der Waals surface area contributed by atoms with Crippen LogP contribution in [0.4, 0.5) is 0 Å². The molecule has 2 aromatic carbocycles. The van der Waals surface area contributed by atoms with E-state index in [1.807, 2.05) is 52.3 Å². The molecule has 1 N–H and O–H groups in total. The van der Waals surface area contributed by atoms with Crippen LogP contribution in [0.15, 0.2) is 54.6 Å². The molecule has 7 heteroatoms. The Bertz CT molecular complexity index is 1080. The largest absolute Gasteiger partial charge is 0.338 e. The van der Waals surface area contributed by atoms with E-state index < -0.39 is 0 Å². The third kappa shape index (κ3) is 3.40. The third-order valence-electron chi connectivity index (χ3n) is 5.87. The molecule has 0 bridgehead atoms. The fourth-order valence-electron chi connectivity index (χ4n) is 4.33. The maximum Gasteiger partial charge on any atom is 0.253 e. The summed E-state index contributed by atoms with van der Waals surface area (Å²) in [5.41, 5.74) is 3.08. The fraction of sp³-hybridized carbons (Fsp3) is 0.273. The van der Waals surface area contributed by atoms with Crippen molar-refractivity contribution in [3.05, 3.63) is 65.7 Å². The molecule has 146 valence electrons. The second-order valence-corrected chi connectivity index (χ2v) is 7.74. The van der Waals surface area contributed by atoms with Crippen LogP contribution in [0.25, 0.3) is 17.1 Å². The van der Waals surface area contributed by atoms with Crippen LogP contribution in [-0.4, -0.2) is 63.2 Å². The third-order valence-corrected chi connectivity index (χ3v) is 5.87. The van der Waals surface area contributed by atoms with Crippen LogP contribution in [0.5, 0.6) is 0 Å². The molecule has 7 nitrogen and oxygen atoms in total. The topological polar surface area (TPSA) is 82.2 Å². The molecule has 1 aromatic heterocycles. The van der Waals surface area contributed by atoms with E-state index in [0.717, 1.165) is 11.1 Å². The maximum atomic E-state index is 12.9. The van der Waals surface area contributed by atoms with E-state index in [0.29, 0.717) is 49.1 Å². The Morgan fingerprint density at radius 1 is 0.897 bits per heavy atom. The fourth-order valence-corrected chi connectivity index (χ4v) is 4.33. The Morgan fingerprint density at radius 3 is 2.34 bits per heavy atom. The van der Waals surface area contributed by atoms with Crippen molar-refractivity contribution in [2.75, 3.05) is 26.2 Å². The number of nitrogens with one attached hydrogen (secondary N) is 1. The van der Waals surface area contributed by atoms with Crippen LogP contribution in [0.1, 0.15) is 15.9 Å². The average molecular weight is 387 g/mol. The van der Waals surface area contributed by atoms with Crippen LogP contribution in [0, 0.1) is 11.8 Å². The Kier molecular flexibility index (Phi) is 4.35. The molecule has 0 radical (unpaired) electrons. The molecular weight excluding hydrogens is 366 g/mol. The van der Waals surface area contributed by atoms with Crippen LogP contribution < -0.4 is 0 Å². The molecule has 0 spiro atoms. The highest BCUT2D eigenvalue weighted by atomic mass is 16.2. The Balaban J connectivity index is 1.21. The number of aromatic nitrogens is 3. The lowest BCUT2D eigenvalue weighted by Gasteiger charge is -2.21. The molecule has 2 amide bonds. The van der Waals surface area contributed by atoms with Gasteiger partial charge in [-0.3, -0.25) is 9.59 Å². The van der Waals surface area contributed by atoms with E-state index in [1.54, 1.807) is 18.2 Å². The van der Waals surface area contributed by atoms with Gasteiger partial charge in [-0.25, -0.2) is 0 Å². The molecule has 2 atom stereocenters. The highest BCUT2D eigenvalue weighted by Gasteiger charge is 2.42. The molecule has 5 rings (SSSR count). The van der Waals surface area contributed by atoms with Crippen molar-refractivity contribution in [2.24, 2.45) is 11.8 Å². The Labute approximate surface area is 168 Å². The molecule has 2 fully saturated rings.